The van der Waals surface area contributed by atoms with Crippen LogP contribution in [0.15, 0.2) is 24.4 Å². The summed E-state index contributed by atoms with van der Waals surface area (Å²) < 4.78 is 0. The van der Waals surface area contributed by atoms with Crippen LogP contribution in [0.4, 0.5) is 5.82 Å². The van der Waals surface area contributed by atoms with Crippen molar-refractivity contribution < 1.29 is 0 Å². The third-order valence-corrected chi connectivity index (χ3v) is 2.70. The summed E-state index contributed by atoms with van der Waals surface area (Å²) in [6.07, 6.45) is 1.87. The Kier molecular flexibility index (Phi) is 2.58. The van der Waals surface area contributed by atoms with Crippen LogP contribution in [-0.2, 0) is 0 Å². The third-order valence-electron chi connectivity index (χ3n) is 2.70. The third kappa shape index (κ3) is 1.67. The summed E-state index contributed by atoms with van der Waals surface area (Å²) >= 11 is 0. The van der Waals surface area contributed by atoms with Crippen LogP contribution in [0.2, 0.25) is 0 Å². The number of pyridine rings is 1. The number of fused-ring (bicyclic) bond motifs is 1. The lowest BCUT2D eigenvalue weighted by Crippen LogP contribution is -2.00. The molecule has 1 aromatic carbocycles. The molecule has 0 fully saturated rings. The molecule has 15 heavy (non-hydrogen) atoms. The summed E-state index contributed by atoms with van der Waals surface area (Å²) in [6.45, 7) is 7.26. The van der Waals surface area contributed by atoms with E-state index in [0.717, 1.165) is 12.4 Å². The van der Waals surface area contributed by atoms with Gasteiger partial charge in [-0.15, -0.1) is 0 Å². The Balaban J connectivity index is 2.78. The number of aromatic nitrogens is 1. The fraction of sp³-hybridized carbons (Fsp3) is 0.308. The fourth-order valence-corrected chi connectivity index (χ4v) is 1.91. The van der Waals surface area contributed by atoms with Gasteiger partial charge in [-0.2, -0.15) is 0 Å². The minimum absolute atomic E-state index is 0.902. The molecule has 1 N–H and O–H groups in total. The molecule has 2 heteroatoms. The predicted molar refractivity (Wildman–Crippen MR) is 65.4 cm³/mol. The first kappa shape index (κ1) is 9.97. The average molecular weight is 200 g/mol. The molecule has 0 radical (unpaired) electrons. The summed E-state index contributed by atoms with van der Waals surface area (Å²) in [5.41, 5.74) is 2.58. The van der Waals surface area contributed by atoms with E-state index in [4.69, 9.17) is 0 Å². The normalized spacial score (nSPS) is 10.6. The second kappa shape index (κ2) is 3.89. The Morgan fingerprint density at radius 2 is 1.87 bits per heavy atom. The smallest absolute Gasteiger partial charge is 0.134 e. The molecule has 2 aromatic rings. The fourth-order valence-electron chi connectivity index (χ4n) is 1.91. The van der Waals surface area contributed by atoms with Crippen molar-refractivity contribution in [2.75, 3.05) is 11.9 Å². The molecule has 0 unspecified atom stereocenters. The SMILES string of the molecule is CCNc1nccc2c(C)ccc(C)c12. The zero-order chi connectivity index (χ0) is 10.8. The van der Waals surface area contributed by atoms with Gasteiger partial charge in [0.25, 0.3) is 0 Å². The van der Waals surface area contributed by atoms with E-state index in [1.54, 1.807) is 0 Å². The van der Waals surface area contributed by atoms with Crippen molar-refractivity contribution >= 4 is 16.6 Å². The monoisotopic (exact) mass is 200 g/mol. The van der Waals surface area contributed by atoms with Gasteiger partial charge in [-0.25, -0.2) is 4.98 Å². The van der Waals surface area contributed by atoms with Crippen molar-refractivity contribution in [1.82, 2.24) is 4.98 Å². The minimum Gasteiger partial charge on any atom is -0.370 e. The van der Waals surface area contributed by atoms with Gasteiger partial charge in [0, 0.05) is 18.1 Å². The molecule has 1 aromatic heterocycles. The highest BCUT2D eigenvalue weighted by Crippen LogP contribution is 2.27. The second-order valence-electron chi connectivity index (χ2n) is 3.81. The summed E-state index contributed by atoms with van der Waals surface area (Å²) in [7, 11) is 0. The molecular weight excluding hydrogens is 184 g/mol. The Hall–Kier alpha value is -1.57. The number of hydrogen-bond donors (Lipinski definition) is 1. The van der Waals surface area contributed by atoms with E-state index in [-0.39, 0.29) is 0 Å². The van der Waals surface area contributed by atoms with E-state index in [0.29, 0.717) is 0 Å². The number of nitrogens with one attached hydrogen (secondary N) is 1. The average Bonchev–Trinajstić information content (AvgIpc) is 2.24. The van der Waals surface area contributed by atoms with Gasteiger partial charge >= 0.3 is 0 Å². The van der Waals surface area contributed by atoms with Gasteiger partial charge in [0.1, 0.15) is 5.82 Å². The maximum Gasteiger partial charge on any atom is 0.134 e. The topological polar surface area (TPSA) is 24.9 Å². The highest BCUT2D eigenvalue weighted by Gasteiger charge is 2.05. The molecule has 0 amide bonds. The Morgan fingerprint density at radius 3 is 2.60 bits per heavy atom. The largest absolute Gasteiger partial charge is 0.370 e. The molecule has 2 nitrogen and oxygen atoms in total. The lowest BCUT2D eigenvalue weighted by molar-refractivity contribution is 1.17. The van der Waals surface area contributed by atoms with Crippen LogP contribution in [0.3, 0.4) is 0 Å². The van der Waals surface area contributed by atoms with Gasteiger partial charge in [-0.05, 0) is 43.4 Å². The maximum atomic E-state index is 4.39. The van der Waals surface area contributed by atoms with E-state index in [9.17, 15) is 0 Å². The number of benzene rings is 1. The van der Waals surface area contributed by atoms with E-state index in [1.165, 1.54) is 21.9 Å². The summed E-state index contributed by atoms with van der Waals surface area (Å²) in [4.78, 5) is 4.39. The van der Waals surface area contributed by atoms with Crippen LogP contribution in [-0.4, -0.2) is 11.5 Å². The maximum absolute atomic E-state index is 4.39. The highest BCUT2D eigenvalue weighted by molar-refractivity contribution is 5.96. The molecule has 78 valence electrons. The van der Waals surface area contributed by atoms with E-state index >= 15 is 0 Å². The standard InChI is InChI=1S/C13H16N2/c1-4-14-13-12-10(3)6-5-9(2)11(12)7-8-15-13/h5-8H,4H2,1-3H3,(H,14,15). The van der Waals surface area contributed by atoms with Gasteiger partial charge in [0.2, 0.25) is 0 Å². The number of rotatable bonds is 2. The summed E-state index contributed by atoms with van der Waals surface area (Å²) in [6, 6.07) is 6.39. The van der Waals surface area contributed by atoms with Gasteiger partial charge in [-0.3, -0.25) is 0 Å². The zero-order valence-electron chi connectivity index (χ0n) is 9.46. The lowest BCUT2D eigenvalue weighted by atomic mass is 10.0. The number of hydrogen-bond acceptors (Lipinski definition) is 2. The van der Waals surface area contributed by atoms with Crippen molar-refractivity contribution in [2.24, 2.45) is 0 Å². The van der Waals surface area contributed by atoms with Gasteiger partial charge in [0.15, 0.2) is 0 Å². The zero-order valence-corrected chi connectivity index (χ0v) is 9.46. The second-order valence-corrected chi connectivity index (χ2v) is 3.81. The van der Waals surface area contributed by atoms with Crippen molar-refractivity contribution in [2.45, 2.75) is 20.8 Å². The molecule has 0 saturated heterocycles. The van der Waals surface area contributed by atoms with E-state index < -0.39 is 0 Å². The van der Waals surface area contributed by atoms with Crippen molar-refractivity contribution in [3.63, 3.8) is 0 Å². The number of nitrogens with zero attached hydrogens (tertiary/aromatic N) is 1. The minimum atomic E-state index is 0.902. The molecule has 0 atom stereocenters. The van der Waals surface area contributed by atoms with Crippen LogP contribution < -0.4 is 5.32 Å². The van der Waals surface area contributed by atoms with Gasteiger partial charge in [0.05, 0.1) is 0 Å². The molecule has 0 aliphatic rings. The molecule has 0 spiro atoms. The van der Waals surface area contributed by atoms with E-state index in [1.807, 2.05) is 6.20 Å². The van der Waals surface area contributed by atoms with Crippen LogP contribution in [0.5, 0.6) is 0 Å². The Labute approximate surface area is 90.3 Å². The van der Waals surface area contributed by atoms with E-state index in [2.05, 4.69) is 49.3 Å². The molecular formula is C13H16N2. The Bertz CT molecular complexity index is 489. The van der Waals surface area contributed by atoms with Crippen molar-refractivity contribution in [3.8, 4) is 0 Å². The molecule has 0 aliphatic carbocycles. The van der Waals surface area contributed by atoms with Crippen LogP contribution in [0, 0.1) is 13.8 Å². The summed E-state index contributed by atoms with van der Waals surface area (Å²) in [5.74, 6) is 0.996. The van der Waals surface area contributed by atoms with Gasteiger partial charge in [-0.1, -0.05) is 12.1 Å². The first-order chi connectivity index (χ1) is 7.24. The molecule has 0 saturated carbocycles. The molecule has 2 rings (SSSR count). The quantitative estimate of drug-likeness (QED) is 0.804. The lowest BCUT2D eigenvalue weighted by Gasteiger charge is -2.10. The van der Waals surface area contributed by atoms with Crippen LogP contribution in [0.25, 0.3) is 10.8 Å². The van der Waals surface area contributed by atoms with Gasteiger partial charge < -0.3 is 5.32 Å². The molecule has 0 bridgehead atoms. The summed E-state index contributed by atoms with van der Waals surface area (Å²) in [5, 5.41) is 5.85. The van der Waals surface area contributed by atoms with Crippen molar-refractivity contribution in [3.05, 3.63) is 35.5 Å². The van der Waals surface area contributed by atoms with Crippen molar-refractivity contribution in [1.29, 1.82) is 0 Å². The first-order valence-electron chi connectivity index (χ1n) is 5.33. The first-order valence-corrected chi connectivity index (χ1v) is 5.33. The Morgan fingerprint density at radius 1 is 1.13 bits per heavy atom. The molecule has 0 aliphatic heterocycles. The highest BCUT2D eigenvalue weighted by atomic mass is 15.0. The van der Waals surface area contributed by atoms with Crippen LogP contribution in [0.1, 0.15) is 18.1 Å². The number of anilines is 1. The number of aryl methyl sites for hydroxylation is 2. The van der Waals surface area contributed by atoms with Crippen LogP contribution >= 0.6 is 0 Å². The predicted octanol–water partition coefficient (Wildman–Crippen LogP) is 3.28. The molecule has 1 heterocycles.